The topological polar surface area (TPSA) is 81.0 Å². The number of benzene rings is 2. The molecular formula is C25H28ClN3O2. The number of primary amides is 1. The molecule has 0 radical (unpaired) electrons. The summed E-state index contributed by atoms with van der Waals surface area (Å²) < 4.78 is 5.48. The van der Waals surface area contributed by atoms with Gasteiger partial charge in [-0.05, 0) is 66.3 Å². The first-order valence-corrected chi connectivity index (χ1v) is 11.4. The van der Waals surface area contributed by atoms with Crippen LogP contribution in [0.15, 0.2) is 42.5 Å². The van der Waals surface area contributed by atoms with Crippen molar-refractivity contribution in [3.05, 3.63) is 64.4 Å². The van der Waals surface area contributed by atoms with Crippen molar-refractivity contribution < 1.29 is 9.53 Å². The number of nitrogens with two attached hydrogens (primary N) is 1. The molecule has 2 fully saturated rings. The maximum absolute atomic E-state index is 12.4. The Morgan fingerprint density at radius 2 is 1.94 bits per heavy atom. The van der Waals surface area contributed by atoms with Crippen molar-refractivity contribution in [2.24, 2.45) is 11.1 Å². The van der Waals surface area contributed by atoms with Gasteiger partial charge in [-0.2, -0.15) is 0 Å². The molecule has 0 bridgehead atoms. The summed E-state index contributed by atoms with van der Waals surface area (Å²) in [5.74, 6) is 0.981. The largest absolute Gasteiger partial charge is 0.381 e. The predicted molar refractivity (Wildman–Crippen MR) is 122 cm³/mol. The molecule has 1 aliphatic carbocycles. The normalized spacial score (nSPS) is 20.5. The lowest BCUT2D eigenvalue weighted by atomic mass is 9.73. The van der Waals surface area contributed by atoms with Gasteiger partial charge in [-0.15, -0.1) is 0 Å². The highest BCUT2D eigenvalue weighted by Crippen LogP contribution is 2.57. The summed E-state index contributed by atoms with van der Waals surface area (Å²) in [5.41, 5.74) is 9.43. The first kappa shape index (κ1) is 20.5. The molecule has 3 aromatic rings. The third-order valence-electron chi connectivity index (χ3n) is 7.46. The van der Waals surface area contributed by atoms with E-state index >= 15 is 0 Å². The highest BCUT2D eigenvalue weighted by molar-refractivity contribution is 6.31. The fourth-order valence-corrected chi connectivity index (χ4v) is 5.35. The number of aromatic amines is 1. The van der Waals surface area contributed by atoms with Gasteiger partial charge in [-0.25, -0.2) is 4.98 Å². The van der Waals surface area contributed by atoms with E-state index in [-0.39, 0.29) is 11.3 Å². The molecule has 2 aliphatic rings. The maximum Gasteiger partial charge on any atom is 0.228 e. The molecule has 1 aromatic heterocycles. The van der Waals surface area contributed by atoms with Crippen molar-refractivity contribution >= 4 is 28.5 Å². The third-order valence-corrected chi connectivity index (χ3v) is 7.80. The van der Waals surface area contributed by atoms with Crippen LogP contribution in [0.5, 0.6) is 0 Å². The fourth-order valence-electron chi connectivity index (χ4n) is 5.08. The molecule has 2 aromatic carbocycles. The number of halogens is 1. The number of nitrogens with one attached hydrogen (secondary N) is 1. The molecule has 6 heteroatoms. The molecule has 1 amide bonds. The van der Waals surface area contributed by atoms with Crippen LogP contribution in [-0.2, 0) is 21.4 Å². The minimum atomic E-state index is -0.667. The molecule has 162 valence electrons. The number of ether oxygens (including phenoxy) is 1. The first-order chi connectivity index (χ1) is 14.9. The van der Waals surface area contributed by atoms with Gasteiger partial charge in [0.2, 0.25) is 5.91 Å². The molecule has 31 heavy (non-hydrogen) atoms. The smallest absolute Gasteiger partial charge is 0.228 e. The van der Waals surface area contributed by atoms with Crippen LogP contribution >= 0.6 is 11.6 Å². The summed E-state index contributed by atoms with van der Waals surface area (Å²) in [5, 5.41) is 0.821. The standard InChI is InChI=1S/C25H28ClN3O2/c1-24(8-9-24)18(17-4-2-3-5-19(17)26)15-22-28-20-7-6-16(14-21(20)29-22)25(23(27)30)10-12-31-13-11-25/h2-7,14,18H,8-13,15H2,1H3,(H2,27,30)(H,28,29). The SMILES string of the molecule is CC1(C(Cc2nc3ccc(C4(C(N)=O)CCOCC4)cc3[nH]2)c2ccccc2Cl)CC1. The Balaban J connectivity index is 1.49. The summed E-state index contributed by atoms with van der Waals surface area (Å²) in [6.45, 7) is 3.43. The van der Waals surface area contributed by atoms with Gasteiger partial charge in [0.05, 0.1) is 16.4 Å². The Bertz CT molecular complexity index is 1130. The van der Waals surface area contributed by atoms with E-state index in [0.717, 1.165) is 33.9 Å². The van der Waals surface area contributed by atoms with Crippen LogP contribution in [0.3, 0.4) is 0 Å². The van der Waals surface area contributed by atoms with Crippen LogP contribution in [0.2, 0.25) is 5.02 Å². The monoisotopic (exact) mass is 437 g/mol. The van der Waals surface area contributed by atoms with E-state index in [2.05, 4.69) is 24.0 Å². The van der Waals surface area contributed by atoms with Gasteiger partial charge in [0.1, 0.15) is 5.82 Å². The van der Waals surface area contributed by atoms with Crippen LogP contribution < -0.4 is 5.73 Å². The number of hydrogen-bond acceptors (Lipinski definition) is 3. The number of nitrogens with zero attached hydrogens (tertiary/aromatic N) is 1. The van der Waals surface area contributed by atoms with Crippen molar-refractivity contribution in [1.29, 1.82) is 0 Å². The van der Waals surface area contributed by atoms with Gasteiger partial charge < -0.3 is 15.5 Å². The van der Waals surface area contributed by atoms with Gasteiger partial charge >= 0.3 is 0 Å². The number of H-pyrrole nitrogens is 1. The average molecular weight is 438 g/mol. The van der Waals surface area contributed by atoms with Crippen LogP contribution in [-0.4, -0.2) is 29.1 Å². The van der Waals surface area contributed by atoms with Crippen LogP contribution in [0.25, 0.3) is 11.0 Å². The highest BCUT2D eigenvalue weighted by Gasteiger charge is 2.46. The van der Waals surface area contributed by atoms with Gasteiger partial charge in [-0.3, -0.25) is 4.79 Å². The van der Waals surface area contributed by atoms with Crippen LogP contribution in [0.1, 0.15) is 55.5 Å². The summed E-state index contributed by atoms with van der Waals surface area (Å²) in [7, 11) is 0. The second-order valence-corrected chi connectivity index (χ2v) is 9.81. The van der Waals surface area contributed by atoms with E-state index < -0.39 is 5.41 Å². The predicted octanol–water partition coefficient (Wildman–Crippen LogP) is 4.88. The average Bonchev–Trinajstić information content (AvgIpc) is 3.38. The molecular weight excluding hydrogens is 410 g/mol. The summed E-state index contributed by atoms with van der Waals surface area (Å²) in [4.78, 5) is 20.8. The van der Waals surface area contributed by atoms with E-state index in [4.69, 9.17) is 27.1 Å². The molecule has 5 rings (SSSR count). The zero-order valence-corrected chi connectivity index (χ0v) is 18.5. The van der Waals surface area contributed by atoms with E-state index in [0.29, 0.717) is 32.0 Å². The van der Waals surface area contributed by atoms with Gasteiger partial charge in [0, 0.05) is 24.7 Å². The molecule has 5 nitrogen and oxygen atoms in total. The van der Waals surface area contributed by atoms with Crippen molar-refractivity contribution in [3.63, 3.8) is 0 Å². The number of hydrogen-bond donors (Lipinski definition) is 2. The highest BCUT2D eigenvalue weighted by atomic mass is 35.5. The van der Waals surface area contributed by atoms with Crippen molar-refractivity contribution in [2.45, 2.75) is 50.4 Å². The zero-order chi connectivity index (χ0) is 21.6. The number of fused-ring (bicyclic) bond motifs is 1. The van der Waals surface area contributed by atoms with E-state index in [1.54, 1.807) is 0 Å². The lowest BCUT2D eigenvalue weighted by Crippen LogP contribution is -2.45. The van der Waals surface area contributed by atoms with Gasteiger partial charge in [0.25, 0.3) is 0 Å². The Hall–Kier alpha value is -2.37. The van der Waals surface area contributed by atoms with Crippen molar-refractivity contribution in [2.75, 3.05) is 13.2 Å². The molecule has 1 saturated carbocycles. The Morgan fingerprint density at radius 3 is 2.61 bits per heavy atom. The van der Waals surface area contributed by atoms with Gasteiger partial charge in [-0.1, -0.05) is 42.8 Å². The number of carbonyl (C=O) groups is 1. The molecule has 1 saturated heterocycles. The summed E-state index contributed by atoms with van der Waals surface area (Å²) in [6.07, 6.45) is 4.44. The quantitative estimate of drug-likeness (QED) is 0.576. The number of imidazole rings is 1. The Morgan fingerprint density at radius 1 is 1.19 bits per heavy atom. The van der Waals surface area contributed by atoms with Crippen molar-refractivity contribution in [3.8, 4) is 0 Å². The summed E-state index contributed by atoms with van der Waals surface area (Å²) in [6, 6.07) is 14.2. The first-order valence-electron chi connectivity index (χ1n) is 11.0. The second kappa shape index (κ2) is 7.64. The fraction of sp³-hybridized carbons (Fsp3) is 0.440. The number of carbonyl (C=O) groups excluding carboxylic acids is 1. The van der Waals surface area contributed by atoms with E-state index in [9.17, 15) is 4.79 Å². The zero-order valence-electron chi connectivity index (χ0n) is 17.8. The van der Waals surface area contributed by atoms with Crippen LogP contribution in [0.4, 0.5) is 0 Å². The summed E-state index contributed by atoms with van der Waals surface area (Å²) >= 11 is 6.56. The molecule has 0 spiro atoms. The molecule has 2 heterocycles. The lowest BCUT2D eigenvalue weighted by Gasteiger charge is -2.34. The third kappa shape index (κ3) is 3.64. The van der Waals surface area contributed by atoms with Crippen molar-refractivity contribution in [1.82, 2.24) is 9.97 Å². The van der Waals surface area contributed by atoms with Crippen LogP contribution in [0, 0.1) is 5.41 Å². The number of rotatable bonds is 6. The minimum Gasteiger partial charge on any atom is -0.381 e. The molecule has 1 atom stereocenters. The maximum atomic E-state index is 12.4. The molecule has 1 aliphatic heterocycles. The minimum absolute atomic E-state index is 0.257. The van der Waals surface area contributed by atoms with E-state index in [1.807, 2.05) is 30.3 Å². The Kier molecular flexibility index (Phi) is 5.06. The molecule has 1 unspecified atom stereocenters. The number of amides is 1. The lowest BCUT2D eigenvalue weighted by molar-refractivity contribution is -0.127. The Labute approximate surface area is 187 Å². The van der Waals surface area contributed by atoms with E-state index in [1.165, 1.54) is 18.4 Å². The number of aromatic nitrogens is 2. The van der Waals surface area contributed by atoms with Gasteiger partial charge in [0.15, 0.2) is 0 Å². The second-order valence-electron chi connectivity index (χ2n) is 9.41. The molecule has 3 N–H and O–H groups in total.